The third-order valence-corrected chi connectivity index (χ3v) is 1.90. The van der Waals surface area contributed by atoms with Crippen molar-refractivity contribution >= 4 is 0 Å². The van der Waals surface area contributed by atoms with Gasteiger partial charge in [0.15, 0.2) is 0 Å². The highest BCUT2D eigenvalue weighted by Crippen LogP contribution is 2.06. The molecule has 0 spiro atoms. The van der Waals surface area contributed by atoms with E-state index in [1.54, 1.807) is 10.9 Å². The van der Waals surface area contributed by atoms with Crippen LogP contribution in [-0.2, 0) is 13.0 Å². The van der Waals surface area contributed by atoms with Crippen LogP contribution in [0, 0.1) is 17.2 Å². The highest BCUT2D eigenvalue weighted by molar-refractivity contribution is 5.07. The number of hydrogen-bond acceptors (Lipinski definition) is 3. The molecule has 1 N–H and O–H groups in total. The SMILES string of the molecule is CCn1cc(CC(C#N)CO)cn1. The third kappa shape index (κ3) is 2.56. The lowest BCUT2D eigenvalue weighted by Crippen LogP contribution is -2.06. The Bertz CT molecular complexity index is 300. The summed E-state index contributed by atoms with van der Waals surface area (Å²) in [6.07, 6.45) is 4.22. The summed E-state index contributed by atoms with van der Waals surface area (Å²) in [5.74, 6) is -0.311. The Morgan fingerprint density at radius 2 is 2.54 bits per heavy atom. The molecular formula is C9H13N3O. The summed E-state index contributed by atoms with van der Waals surface area (Å²) in [7, 11) is 0. The minimum Gasteiger partial charge on any atom is -0.395 e. The second kappa shape index (κ2) is 4.63. The molecule has 0 aliphatic heterocycles. The number of aliphatic hydroxyl groups is 1. The second-order valence-corrected chi connectivity index (χ2v) is 2.92. The van der Waals surface area contributed by atoms with Crippen molar-refractivity contribution in [1.29, 1.82) is 5.26 Å². The van der Waals surface area contributed by atoms with Crippen LogP contribution in [0.2, 0.25) is 0 Å². The van der Waals surface area contributed by atoms with Gasteiger partial charge < -0.3 is 5.11 Å². The molecule has 0 saturated heterocycles. The van der Waals surface area contributed by atoms with E-state index in [1.807, 2.05) is 19.2 Å². The van der Waals surface area contributed by atoms with Crippen LogP contribution in [0.15, 0.2) is 12.4 Å². The molecule has 0 bridgehead atoms. The molecule has 1 rings (SSSR count). The molecule has 0 aliphatic carbocycles. The van der Waals surface area contributed by atoms with Gasteiger partial charge in [-0.2, -0.15) is 10.4 Å². The Labute approximate surface area is 77.4 Å². The first-order chi connectivity index (χ1) is 6.30. The van der Waals surface area contributed by atoms with Crippen molar-refractivity contribution in [3.05, 3.63) is 18.0 Å². The Hall–Kier alpha value is -1.34. The maximum absolute atomic E-state index is 8.80. The van der Waals surface area contributed by atoms with Gasteiger partial charge in [0.2, 0.25) is 0 Å². The topological polar surface area (TPSA) is 61.8 Å². The first-order valence-electron chi connectivity index (χ1n) is 4.32. The molecule has 1 aromatic rings. The van der Waals surface area contributed by atoms with Crippen molar-refractivity contribution < 1.29 is 5.11 Å². The Morgan fingerprint density at radius 1 is 1.77 bits per heavy atom. The van der Waals surface area contributed by atoms with Crippen molar-refractivity contribution in [3.8, 4) is 6.07 Å². The minimum absolute atomic E-state index is 0.0895. The summed E-state index contributed by atoms with van der Waals surface area (Å²) < 4.78 is 1.81. The normalized spacial score (nSPS) is 12.4. The molecule has 1 aromatic heterocycles. The lowest BCUT2D eigenvalue weighted by atomic mass is 10.0. The van der Waals surface area contributed by atoms with Crippen LogP contribution < -0.4 is 0 Å². The molecule has 0 aliphatic rings. The number of aromatic nitrogens is 2. The van der Waals surface area contributed by atoms with Gasteiger partial charge in [0.05, 0.1) is 24.8 Å². The summed E-state index contributed by atoms with van der Waals surface area (Å²) in [4.78, 5) is 0. The third-order valence-electron chi connectivity index (χ3n) is 1.90. The van der Waals surface area contributed by atoms with E-state index in [0.29, 0.717) is 6.42 Å². The molecule has 0 aromatic carbocycles. The Morgan fingerprint density at radius 3 is 3.00 bits per heavy atom. The highest BCUT2D eigenvalue weighted by atomic mass is 16.3. The second-order valence-electron chi connectivity index (χ2n) is 2.92. The van der Waals surface area contributed by atoms with Gasteiger partial charge >= 0.3 is 0 Å². The highest BCUT2D eigenvalue weighted by Gasteiger charge is 2.07. The van der Waals surface area contributed by atoms with Crippen LogP contribution >= 0.6 is 0 Å². The lowest BCUT2D eigenvalue weighted by Gasteiger charge is -2.00. The van der Waals surface area contributed by atoms with Crippen molar-refractivity contribution in [1.82, 2.24) is 9.78 Å². The summed E-state index contributed by atoms with van der Waals surface area (Å²) in [5.41, 5.74) is 1.00. The van der Waals surface area contributed by atoms with Crippen molar-refractivity contribution in [2.75, 3.05) is 6.61 Å². The van der Waals surface area contributed by atoms with E-state index < -0.39 is 0 Å². The molecule has 4 heteroatoms. The summed E-state index contributed by atoms with van der Waals surface area (Å²) in [6, 6.07) is 2.04. The maximum Gasteiger partial charge on any atom is 0.0735 e. The van der Waals surface area contributed by atoms with Crippen LogP contribution in [0.4, 0.5) is 0 Å². The monoisotopic (exact) mass is 179 g/mol. The number of nitriles is 1. The van der Waals surface area contributed by atoms with E-state index in [-0.39, 0.29) is 12.5 Å². The van der Waals surface area contributed by atoms with Gasteiger partial charge in [0, 0.05) is 12.7 Å². The van der Waals surface area contributed by atoms with Gasteiger partial charge in [0.25, 0.3) is 0 Å². The van der Waals surface area contributed by atoms with Crippen LogP contribution in [0.3, 0.4) is 0 Å². The molecule has 13 heavy (non-hydrogen) atoms. The average Bonchev–Trinajstić information content (AvgIpc) is 2.61. The Kier molecular flexibility index (Phi) is 3.47. The van der Waals surface area contributed by atoms with E-state index in [0.717, 1.165) is 12.1 Å². The number of nitrogens with zero attached hydrogens (tertiary/aromatic N) is 3. The smallest absolute Gasteiger partial charge is 0.0735 e. The molecular weight excluding hydrogens is 166 g/mol. The van der Waals surface area contributed by atoms with E-state index in [4.69, 9.17) is 10.4 Å². The Balaban J connectivity index is 2.58. The molecule has 70 valence electrons. The van der Waals surface area contributed by atoms with E-state index in [9.17, 15) is 0 Å². The van der Waals surface area contributed by atoms with Crippen LogP contribution in [0.1, 0.15) is 12.5 Å². The summed E-state index contributed by atoms with van der Waals surface area (Å²) in [5, 5.41) is 21.5. The first kappa shape index (κ1) is 9.75. The van der Waals surface area contributed by atoms with Gasteiger partial charge in [-0.3, -0.25) is 4.68 Å². The van der Waals surface area contributed by atoms with Crippen molar-refractivity contribution in [2.24, 2.45) is 5.92 Å². The average molecular weight is 179 g/mol. The van der Waals surface area contributed by atoms with Gasteiger partial charge in [-0.25, -0.2) is 0 Å². The van der Waals surface area contributed by atoms with Gasteiger partial charge in [-0.15, -0.1) is 0 Å². The van der Waals surface area contributed by atoms with Crippen LogP contribution in [0.5, 0.6) is 0 Å². The summed E-state index contributed by atoms with van der Waals surface area (Å²) >= 11 is 0. The fourth-order valence-electron chi connectivity index (χ4n) is 1.12. The zero-order valence-corrected chi connectivity index (χ0v) is 7.64. The molecule has 1 heterocycles. The van der Waals surface area contributed by atoms with Gasteiger partial charge in [0.1, 0.15) is 0 Å². The number of aryl methyl sites for hydroxylation is 1. The number of hydrogen-bond donors (Lipinski definition) is 1. The van der Waals surface area contributed by atoms with Crippen molar-refractivity contribution in [2.45, 2.75) is 19.9 Å². The number of aliphatic hydroxyl groups excluding tert-OH is 1. The molecule has 0 saturated carbocycles. The molecule has 0 radical (unpaired) electrons. The van der Waals surface area contributed by atoms with Crippen LogP contribution in [-0.4, -0.2) is 21.5 Å². The zero-order chi connectivity index (χ0) is 9.68. The molecule has 1 unspecified atom stereocenters. The minimum atomic E-state index is -0.311. The maximum atomic E-state index is 8.80. The predicted octanol–water partition coefficient (Wildman–Crippen LogP) is 0.578. The largest absolute Gasteiger partial charge is 0.395 e. The molecule has 0 amide bonds. The van der Waals surface area contributed by atoms with Crippen LogP contribution in [0.25, 0.3) is 0 Å². The van der Waals surface area contributed by atoms with E-state index in [1.165, 1.54) is 0 Å². The fourth-order valence-corrected chi connectivity index (χ4v) is 1.12. The molecule has 4 nitrogen and oxygen atoms in total. The lowest BCUT2D eigenvalue weighted by molar-refractivity contribution is 0.255. The zero-order valence-electron chi connectivity index (χ0n) is 7.64. The fraction of sp³-hybridized carbons (Fsp3) is 0.556. The molecule has 0 fully saturated rings. The van der Waals surface area contributed by atoms with Gasteiger partial charge in [-0.1, -0.05) is 0 Å². The standard InChI is InChI=1S/C9H13N3O/c1-2-12-6-9(5-11-12)3-8(4-10)7-13/h5-6,8,13H,2-3,7H2,1H3. The molecule has 1 atom stereocenters. The predicted molar refractivity (Wildman–Crippen MR) is 47.8 cm³/mol. The van der Waals surface area contributed by atoms with Gasteiger partial charge in [-0.05, 0) is 18.9 Å². The van der Waals surface area contributed by atoms with Crippen molar-refractivity contribution in [3.63, 3.8) is 0 Å². The number of rotatable bonds is 4. The van der Waals surface area contributed by atoms with E-state index >= 15 is 0 Å². The summed E-state index contributed by atoms with van der Waals surface area (Å²) in [6.45, 7) is 2.74. The first-order valence-corrected chi connectivity index (χ1v) is 4.32. The van der Waals surface area contributed by atoms with E-state index in [2.05, 4.69) is 5.10 Å². The quantitative estimate of drug-likeness (QED) is 0.735.